The van der Waals surface area contributed by atoms with E-state index < -0.39 is 60.6 Å². The molecule has 3 atom stereocenters. The molecule has 0 aliphatic rings. The molecule has 0 aromatic heterocycles. The van der Waals surface area contributed by atoms with Gasteiger partial charge in [0, 0.05) is 0 Å². The molecule has 178 valence electrons. The van der Waals surface area contributed by atoms with Crippen LogP contribution in [0.25, 0.3) is 0 Å². The fourth-order valence-corrected chi connectivity index (χ4v) is 1.59. The maximum absolute atomic E-state index is 13.3. The van der Waals surface area contributed by atoms with Gasteiger partial charge in [-0.05, 0) is 0 Å². The number of isocyanates is 1. The summed E-state index contributed by atoms with van der Waals surface area (Å²) in [4.78, 5) is 10.6. The molecule has 0 aromatic carbocycles. The molecule has 0 radical (unpaired) electrons. The van der Waals surface area contributed by atoms with E-state index in [0.717, 1.165) is 4.99 Å². The quantitative estimate of drug-likeness (QED) is 0.176. The summed E-state index contributed by atoms with van der Waals surface area (Å²) in [7, 11) is 0. The van der Waals surface area contributed by atoms with E-state index in [2.05, 4.69) is 0 Å². The van der Waals surface area contributed by atoms with Crippen molar-refractivity contribution < 1.29 is 79.4 Å². The molecule has 0 aliphatic carbocycles. The van der Waals surface area contributed by atoms with Crippen LogP contribution in [0, 0.1) is 0 Å². The molecule has 30 heavy (non-hydrogen) atoms. The zero-order chi connectivity index (χ0) is 24.7. The first-order valence-corrected chi connectivity index (χ1v) is 6.54. The van der Waals surface area contributed by atoms with Crippen LogP contribution >= 0.6 is 0 Å². The summed E-state index contributed by atoms with van der Waals surface area (Å²) in [5, 5.41) is 0. The average Bonchev–Trinajstić information content (AvgIpc) is 2.59. The van der Waals surface area contributed by atoms with Crippen LogP contribution in [0.2, 0.25) is 0 Å². The van der Waals surface area contributed by atoms with Gasteiger partial charge in [-0.15, -0.1) is 0 Å². The lowest BCUT2D eigenvalue weighted by molar-refractivity contribution is -0.434. The zero-order valence-electron chi connectivity index (χ0n) is 13.1. The minimum Gasteiger partial charge on any atom is -0.238 e. The van der Waals surface area contributed by atoms with Gasteiger partial charge in [-0.3, -0.25) is 0 Å². The van der Waals surface area contributed by atoms with Gasteiger partial charge in [-0.2, -0.15) is 57.7 Å². The Balaban J connectivity index is 6.57. The molecule has 0 rings (SSSR count). The summed E-state index contributed by atoms with van der Waals surface area (Å²) >= 11 is 0. The van der Waals surface area contributed by atoms with Crippen molar-refractivity contribution in [2.45, 2.75) is 60.6 Å². The maximum atomic E-state index is 13.3. The van der Waals surface area contributed by atoms with E-state index in [9.17, 15) is 79.4 Å². The monoisotopic (exact) mass is 489 g/mol. The largest absolute Gasteiger partial charge is 0.384 e. The molecule has 0 amide bonds. The molecule has 19 heteroatoms. The number of hydrogen-bond donors (Lipinski definition) is 0. The number of rotatable bonds is 10. The number of aliphatic imine (C=N–C) groups is 1. The van der Waals surface area contributed by atoms with Crippen LogP contribution in [-0.4, -0.2) is 66.7 Å². The lowest BCUT2D eigenvalue weighted by atomic mass is 9.89. The summed E-state index contributed by atoms with van der Waals surface area (Å²) in [6, 6.07) is 0. The van der Waals surface area contributed by atoms with E-state index in [1.54, 1.807) is 0 Å². The second-order valence-corrected chi connectivity index (χ2v) is 5.28. The van der Waals surface area contributed by atoms with Gasteiger partial charge in [0.1, 0.15) is 0 Å². The molecule has 2 nitrogen and oxygen atoms in total. The Hall–Kier alpha value is -1.81. The van der Waals surface area contributed by atoms with Gasteiger partial charge < -0.3 is 0 Å². The maximum Gasteiger partial charge on any atom is 0.384 e. The van der Waals surface area contributed by atoms with Crippen LogP contribution in [0.4, 0.5) is 74.6 Å². The second kappa shape index (κ2) is 8.03. The van der Waals surface area contributed by atoms with Crippen LogP contribution in [0.5, 0.6) is 0 Å². The topological polar surface area (TPSA) is 29.4 Å². The van der Waals surface area contributed by atoms with Crippen LogP contribution in [-0.2, 0) is 4.79 Å². The van der Waals surface area contributed by atoms with Crippen LogP contribution < -0.4 is 0 Å². The molecule has 0 aromatic rings. The molecule has 0 saturated heterocycles. The number of halogens is 17. The molecular weight excluding hydrogens is 485 g/mol. The van der Waals surface area contributed by atoms with E-state index in [4.69, 9.17) is 0 Å². The van der Waals surface area contributed by atoms with Crippen LogP contribution in [0.15, 0.2) is 4.99 Å². The first-order valence-electron chi connectivity index (χ1n) is 6.54. The van der Waals surface area contributed by atoms with Gasteiger partial charge in [-0.25, -0.2) is 26.7 Å². The summed E-state index contributed by atoms with van der Waals surface area (Å²) in [6.45, 7) is 0. The van der Waals surface area contributed by atoms with Crippen molar-refractivity contribution in [3.05, 3.63) is 0 Å². The highest BCUT2D eigenvalue weighted by molar-refractivity contribution is 5.33. The Labute approximate surface area is 152 Å². The molecule has 0 N–H and O–H groups in total. The predicted octanol–water partition coefficient (Wildman–Crippen LogP) is 5.37. The Morgan fingerprint density at radius 3 is 1.20 bits per heavy atom. The van der Waals surface area contributed by atoms with Crippen molar-refractivity contribution >= 4 is 6.08 Å². The number of alkyl halides is 17. The Morgan fingerprint density at radius 1 is 0.567 bits per heavy atom. The van der Waals surface area contributed by atoms with Crippen LogP contribution in [0.3, 0.4) is 0 Å². The highest BCUT2D eigenvalue weighted by atomic mass is 19.4. The lowest BCUT2D eigenvalue weighted by Crippen LogP contribution is -2.73. The highest BCUT2D eigenvalue weighted by Crippen LogP contribution is 2.61. The minimum atomic E-state index is -8.45. The smallest absolute Gasteiger partial charge is 0.238 e. The van der Waals surface area contributed by atoms with E-state index in [1.165, 1.54) is 0 Å². The fraction of sp³-hybridized carbons (Fsp3) is 0.909. The van der Waals surface area contributed by atoms with Gasteiger partial charge in [0.05, 0.1) is 0 Å². The summed E-state index contributed by atoms with van der Waals surface area (Å²) in [5.41, 5.74) is 0. The SMILES string of the molecule is O=C=NC(F)C(F)(F)C(F)(F)C(F)(F)C(F)(F)C(F)(F)C(F)(F)C(F)C(F)C(F)F. The number of nitrogens with zero attached hydrogens (tertiary/aromatic N) is 1. The zero-order valence-corrected chi connectivity index (χ0v) is 13.1. The Morgan fingerprint density at radius 2 is 0.900 bits per heavy atom. The van der Waals surface area contributed by atoms with Gasteiger partial charge in [0.25, 0.3) is 12.7 Å². The molecule has 0 bridgehead atoms. The minimum absolute atomic E-state index is 0.248. The van der Waals surface area contributed by atoms with Crippen LogP contribution in [0.1, 0.15) is 0 Å². The third-order valence-corrected chi connectivity index (χ3v) is 3.35. The van der Waals surface area contributed by atoms with Crippen molar-refractivity contribution in [1.29, 1.82) is 0 Å². The van der Waals surface area contributed by atoms with E-state index in [0.29, 0.717) is 0 Å². The summed E-state index contributed by atoms with van der Waals surface area (Å²) < 4.78 is 220. The second-order valence-electron chi connectivity index (χ2n) is 5.28. The third-order valence-electron chi connectivity index (χ3n) is 3.35. The molecular formula is C11H4F17NO. The van der Waals surface area contributed by atoms with Crippen molar-refractivity contribution in [1.82, 2.24) is 0 Å². The fourth-order valence-electron chi connectivity index (χ4n) is 1.59. The molecule has 0 spiro atoms. The molecule has 0 heterocycles. The summed E-state index contributed by atoms with van der Waals surface area (Å²) in [5.74, 6) is -48.0. The number of hydrogen-bond acceptors (Lipinski definition) is 2. The van der Waals surface area contributed by atoms with Crippen molar-refractivity contribution in [3.8, 4) is 0 Å². The van der Waals surface area contributed by atoms with Crippen molar-refractivity contribution in [3.63, 3.8) is 0 Å². The van der Waals surface area contributed by atoms with Crippen molar-refractivity contribution in [2.75, 3.05) is 0 Å². The van der Waals surface area contributed by atoms with Gasteiger partial charge in [0.2, 0.25) is 12.3 Å². The summed E-state index contributed by atoms with van der Waals surface area (Å²) in [6.07, 6.45) is -21.1. The molecule has 0 saturated carbocycles. The van der Waals surface area contributed by atoms with E-state index in [1.807, 2.05) is 0 Å². The highest BCUT2D eigenvalue weighted by Gasteiger charge is 2.92. The predicted molar refractivity (Wildman–Crippen MR) is 58.5 cm³/mol. The van der Waals surface area contributed by atoms with Crippen molar-refractivity contribution in [2.24, 2.45) is 4.99 Å². The Kier molecular flexibility index (Phi) is 7.55. The third kappa shape index (κ3) is 3.79. The van der Waals surface area contributed by atoms with E-state index >= 15 is 0 Å². The van der Waals surface area contributed by atoms with E-state index in [-0.39, 0.29) is 6.08 Å². The Bertz CT molecular complexity index is 654. The lowest BCUT2D eigenvalue weighted by Gasteiger charge is -2.42. The standard InChI is InChI=1S/C11H4F17NO/c12-2(4(14)15)3(13)6(17,18)8(21,22)10(25,26)11(27,28)9(23,24)7(19,20)5(16)29-1-30/h2-5H. The first kappa shape index (κ1) is 28.2. The van der Waals surface area contributed by atoms with Gasteiger partial charge in [-0.1, -0.05) is 0 Å². The molecule has 0 fully saturated rings. The average molecular weight is 489 g/mol. The normalized spacial score (nSPS) is 18.1. The number of carbonyl (C=O) groups excluding carboxylic acids is 1. The first-order chi connectivity index (χ1) is 13.0. The van der Waals surface area contributed by atoms with Gasteiger partial charge >= 0.3 is 35.5 Å². The molecule has 3 unspecified atom stereocenters. The molecule has 0 aliphatic heterocycles. The van der Waals surface area contributed by atoms with Gasteiger partial charge in [0.15, 0.2) is 6.17 Å².